The van der Waals surface area contributed by atoms with Crippen molar-refractivity contribution in [2.45, 2.75) is 51.4 Å². The summed E-state index contributed by atoms with van der Waals surface area (Å²) in [5, 5.41) is 0. The Bertz CT molecular complexity index is 947. The van der Waals surface area contributed by atoms with Gasteiger partial charge in [0.25, 0.3) is 0 Å². The predicted octanol–water partition coefficient (Wildman–Crippen LogP) is 7.08. The van der Waals surface area contributed by atoms with E-state index in [0.717, 1.165) is 32.1 Å². The summed E-state index contributed by atoms with van der Waals surface area (Å²) in [6, 6.07) is 8.16. The average molecular weight is 412 g/mol. The molecule has 3 rings (SSSR count). The number of hydrogen-bond donors (Lipinski definition) is 0. The third kappa shape index (κ3) is 5.48. The predicted molar refractivity (Wildman–Crippen MR) is 114 cm³/mol. The summed E-state index contributed by atoms with van der Waals surface area (Å²) < 4.78 is 48.0. The van der Waals surface area contributed by atoms with Crippen LogP contribution in [0.25, 0.3) is 0 Å². The van der Waals surface area contributed by atoms with Gasteiger partial charge in [-0.3, -0.25) is 0 Å². The summed E-state index contributed by atoms with van der Waals surface area (Å²) in [6.07, 6.45) is 6.37. The van der Waals surface area contributed by atoms with Gasteiger partial charge in [-0.1, -0.05) is 30.0 Å². The second-order valence-corrected chi connectivity index (χ2v) is 7.84. The van der Waals surface area contributed by atoms with Crippen molar-refractivity contribution in [3.63, 3.8) is 0 Å². The summed E-state index contributed by atoms with van der Waals surface area (Å²) >= 11 is 0. The summed E-state index contributed by atoms with van der Waals surface area (Å²) in [4.78, 5) is 0. The van der Waals surface area contributed by atoms with Crippen molar-refractivity contribution in [3.8, 4) is 17.6 Å². The van der Waals surface area contributed by atoms with Crippen LogP contribution in [0.15, 0.2) is 43.0 Å². The highest BCUT2D eigenvalue weighted by molar-refractivity contribution is 5.37. The third-order valence-corrected chi connectivity index (χ3v) is 5.65. The maximum absolute atomic E-state index is 14.6. The van der Waals surface area contributed by atoms with E-state index >= 15 is 0 Å². The van der Waals surface area contributed by atoms with Gasteiger partial charge in [-0.15, -0.1) is 6.58 Å². The van der Waals surface area contributed by atoms with Crippen molar-refractivity contribution in [1.29, 1.82) is 0 Å². The number of benzene rings is 2. The number of unbranched alkanes of at least 4 members (excludes halogenated alkanes) is 1. The Hall–Kier alpha value is -2.67. The standard InChI is InChI=1S/C26H27F3O/c1-3-4-5-16-30-24-15-14-22(25(28)26(24)29)21-12-10-19(11-13-21)8-9-20-7-6-18(2)23(27)17-20/h3,6-7,14-15,17,19,21H,1,4-5,10-13,16H2,2H3. The molecule has 0 aliphatic heterocycles. The first-order valence-corrected chi connectivity index (χ1v) is 10.5. The van der Waals surface area contributed by atoms with Crippen LogP contribution < -0.4 is 4.74 Å². The number of allylic oxidation sites excluding steroid dienone is 1. The zero-order valence-electron chi connectivity index (χ0n) is 17.3. The first-order chi connectivity index (χ1) is 14.5. The van der Waals surface area contributed by atoms with Gasteiger partial charge in [-0.2, -0.15) is 4.39 Å². The molecule has 0 atom stereocenters. The van der Waals surface area contributed by atoms with Gasteiger partial charge in [0.05, 0.1) is 6.61 Å². The third-order valence-electron chi connectivity index (χ3n) is 5.65. The minimum atomic E-state index is -0.908. The van der Waals surface area contributed by atoms with Crippen LogP contribution >= 0.6 is 0 Å². The Morgan fingerprint density at radius 1 is 1.07 bits per heavy atom. The van der Waals surface area contributed by atoms with E-state index in [1.54, 1.807) is 25.1 Å². The molecule has 1 saturated carbocycles. The molecule has 30 heavy (non-hydrogen) atoms. The van der Waals surface area contributed by atoms with E-state index in [-0.39, 0.29) is 23.4 Å². The van der Waals surface area contributed by atoms with Crippen molar-refractivity contribution in [1.82, 2.24) is 0 Å². The van der Waals surface area contributed by atoms with E-state index < -0.39 is 11.6 Å². The van der Waals surface area contributed by atoms with Gasteiger partial charge in [0.1, 0.15) is 5.82 Å². The molecule has 0 spiro atoms. The summed E-state index contributed by atoms with van der Waals surface area (Å²) in [5.74, 6) is 4.42. The fourth-order valence-corrected chi connectivity index (χ4v) is 3.79. The molecule has 158 valence electrons. The molecule has 1 aliphatic carbocycles. The lowest BCUT2D eigenvalue weighted by molar-refractivity contribution is 0.288. The smallest absolute Gasteiger partial charge is 0.200 e. The van der Waals surface area contributed by atoms with Gasteiger partial charge >= 0.3 is 0 Å². The average Bonchev–Trinajstić information content (AvgIpc) is 2.75. The molecule has 0 bridgehead atoms. The molecule has 2 aromatic carbocycles. The highest BCUT2D eigenvalue weighted by Crippen LogP contribution is 2.38. The Kier molecular flexibility index (Phi) is 7.63. The maximum atomic E-state index is 14.6. The summed E-state index contributed by atoms with van der Waals surface area (Å²) in [6.45, 7) is 5.68. The van der Waals surface area contributed by atoms with Crippen LogP contribution in [-0.4, -0.2) is 6.61 Å². The maximum Gasteiger partial charge on any atom is 0.200 e. The molecular formula is C26H27F3O. The fourth-order valence-electron chi connectivity index (χ4n) is 3.79. The lowest BCUT2D eigenvalue weighted by atomic mass is 9.78. The molecule has 0 N–H and O–H groups in total. The highest BCUT2D eigenvalue weighted by Gasteiger charge is 2.26. The molecule has 1 nitrogen and oxygen atoms in total. The topological polar surface area (TPSA) is 9.23 Å². The van der Waals surface area contributed by atoms with E-state index in [0.29, 0.717) is 29.7 Å². The number of halogens is 3. The quantitative estimate of drug-likeness (QED) is 0.280. The molecular weight excluding hydrogens is 385 g/mol. The Morgan fingerprint density at radius 3 is 2.53 bits per heavy atom. The van der Waals surface area contributed by atoms with Crippen molar-refractivity contribution >= 4 is 0 Å². The van der Waals surface area contributed by atoms with Crippen molar-refractivity contribution in [2.24, 2.45) is 5.92 Å². The minimum Gasteiger partial charge on any atom is -0.490 e. The van der Waals surface area contributed by atoms with Gasteiger partial charge < -0.3 is 4.74 Å². The molecule has 4 heteroatoms. The molecule has 0 amide bonds. The monoisotopic (exact) mass is 412 g/mol. The van der Waals surface area contributed by atoms with Gasteiger partial charge in [-0.05, 0) is 80.7 Å². The molecule has 2 aromatic rings. The molecule has 0 heterocycles. The lowest BCUT2D eigenvalue weighted by Gasteiger charge is -2.26. The highest BCUT2D eigenvalue weighted by atomic mass is 19.2. The number of aryl methyl sites for hydroxylation is 1. The first-order valence-electron chi connectivity index (χ1n) is 10.5. The number of ether oxygens (including phenoxy) is 1. The van der Waals surface area contributed by atoms with E-state index in [1.165, 1.54) is 12.1 Å². The molecule has 0 aromatic heterocycles. The van der Waals surface area contributed by atoms with Crippen LogP contribution in [0.4, 0.5) is 13.2 Å². The molecule has 1 aliphatic rings. The normalized spacial score (nSPS) is 18.4. The van der Waals surface area contributed by atoms with Crippen LogP contribution in [0.5, 0.6) is 5.75 Å². The van der Waals surface area contributed by atoms with Crippen molar-refractivity contribution < 1.29 is 17.9 Å². The fraction of sp³-hybridized carbons (Fsp3) is 0.385. The lowest BCUT2D eigenvalue weighted by Crippen LogP contribution is -2.14. The Balaban J connectivity index is 1.59. The van der Waals surface area contributed by atoms with E-state index in [4.69, 9.17) is 4.74 Å². The number of rotatable bonds is 6. The largest absolute Gasteiger partial charge is 0.490 e. The Morgan fingerprint density at radius 2 is 1.83 bits per heavy atom. The van der Waals surface area contributed by atoms with Crippen LogP contribution in [-0.2, 0) is 0 Å². The van der Waals surface area contributed by atoms with Crippen LogP contribution in [0.1, 0.15) is 61.1 Å². The summed E-state index contributed by atoms with van der Waals surface area (Å²) in [7, 11) is 0. The van der Waals surface area contributed by atoms with Gasteiger partial charge in [0.2, 0.25) is 5.82 Å². The van der Waals surface area contributed by atoms with Crippen molar-refractivity contribution in [3.05, 3.63) is 77.1 Å². The van der Waals surface area contributed by atoms with Crippen LogP contribution in [0.3, 0.4) is 0 Å². The van der Waals surface area contributed by atoms with Gasteiger partial charge in [0.15, 0.2) is 11.6 Å². The molecule has 1 fully saturated rings. The second-order valence-electron chi connectivity index (χ2n) is 7.84. The number of hydrogen-bond acceptors (Lipinski definition) is 1. The van der Waals surface area contributed by atoms with Gasteiger partial charge in [-0.25, -0.2) is 8.78 Å². The zero-order valence-corrected chi connectivity index (χ0v) is 17.3. The minimum absolute atomic E-state index is 0.0239. The van der Waals surface area contributed by atoms with E-state index in [9.17, 15) is 13.2 Å². The first kappa shape index (κ1) is 22.0. The molecule has 0 saturated heterocycles. The van der Waals surface area contributed by atoms with E-state index in [1.807, 2.05) is 6.07 Å². The SMILES string of the molecule is C=CCCCOc1ccc(C2CCC(C#Cc3ccc(C)c(F)c3)CC2)c(F)c1F. The van der Waals surface area contributed by atoms with Crippen molar-refractivity contribution in [2.75, 3.05) is 6.61 Å². The van der Waals surface area contributed by atoms with Gasteiger partial charge in [0, 0.05) is 11.5 Å². The molecule has 0 radical (unpaired) electrons. The summed E-state index contributed by atoms with van der Waals surface area (Å²) in [5.41, 5.74) is 1.68. The second kappa shape index (κ2) is 10.4. The molecule has 0 unspecified atom stereocenters. The Labute approximate surface area is 177 Å². The van der Waals surface area contributed by atoms with Crippen LogP contribution in [0.2, 0.25) is 0 Å². The van der Waals surface area contributed by atoms with Crippen LogP contribution in [0, 0.1) is 42.1 Å². The van der Waals surface area contributed by atoms with E-state index in [2.05, 4.69) is 18.4 Å². The zero-order chi connectivity index (χ0) is 21.5.